The van der Waals surface area contributed by atoms with Gasteiger partial charge in [0, 0.05) is 48.5 Å². The lowest BCUT2D eigenvalue weighted by molar-refractivity contribution is -0.153. The molecule has 10 nitrogen and oxygen atoms in total. The third kappa shape index (κ3) is 7.78. The fourth-order valence-corrected chi connectivity index (χ4v) is 7.26. The Hall–Kier alpha value is -4.19. The first-order valence-electron chi connectivity index (χ1n) is 15.0. The predicted molar refractivity (Wildman–Crippen MR) is 177 cm³/mol. The standard InChI is InChI=1S/C34H37ClN4O6S/c1-34(2,3)45-31(41)22-37-29(33(42)39-18-16-38(17-19-39)26-11-9-25(35)10-12-26)20-24-8-13-27(40)21-30(24)46(43,44)32-28-7-5-4-6-23(28)14-15-36-32/h4-15,21,29,37,40H,16-20,22H2,1-3H3. The van der Waals surface area contributed by atoms with Gasteiger partial charge in [-0.1, -0.05) is 41.9 Å². The van der Waals surface area contributed by atoms with E-state index in [4.69, 9.17) is 16.3 Å². The van der Waals surface area contributed by atoms with Gasteiger partial charge >= 0.3 is 5.97 Å². The molecule has 0 saturated carbocycles. The van der Waals surface area contributed by atoms with Crippen LogP contribution in [0.3, 0.4) is 0 Å². The number of hydrogen-bond donors (Lipinski definition) is 2. The Morgan fingerprint density at radius 3 is 2.39 bits per heavy atom. The van der Waals surface area contributed by atoms with Crippen LogP contribution in [0.2, 0.25) is 5.02 Å². The van der Waals surface area contributed by atoms with Gasteiger partial charge in [0.15, 0.2) is 5.03 Å². The summed E-state index contributed by atoms with van der Waals surface area (Å²) in [6, 6.07) is 19.3. The van der Waals surface area contributed by atoms with Crippen LogP contribution in [0.1, 0.15) is 26.3 Å². The van der Waals surface area contributed by atoms with E-state index in [1.54, 1.807) is 56.0 Å². The molecule has 5 rings (SSSR count). The van der Waals surface area contributed by atoms with E-state index in [0.29, 0.717) is 47.5 Å². The number of carbonyl (C=O) groups is 2. The highest BCUT2D eigenvalue weighted by Crippen LogP contribution is 2.31. The first kappa shape index (κ1) is 33.2. The normalized spacial score (nSPS) is 14.7. The SMILES string of the molecule is CC(C)(C)OC(=O)CNC(Cc1ccc(O)cc1S(=O)(=O)c1nccc2ccccc12)C(=O)N1CCN(c2ccc(Cl)cc2)CC1. The molecule has 12 heteroatoms. The molecule has 1 aliphatic rings. The molecule has 1 amide bonds. The summed E-state index contributed by atoms with van der Waals surface area (Å²) in [5.41, 5.74) is 0.569. The van der Waals surface area contributed by atoms with Gasteiger partial charge in [0.05, 0.1) is 17.5 Å². The zero-order chi connectivity index (χ0) is 33.1. The number of aromatic nitrogens is 1. The first-order chi connectivity index (χ1) is 21.8. The van der Waals surface area contributed by atoms with Crippen LogP contribution >= 0.6 is 11.6 Å². The molecule has 242 valence electrons. The van der Waals surface area contributed by atoms with Crippen molar-refractivity contribution in [3.8, 4) is 5.75 Å². The third-order valence-electron chi connectivity index (χ3n) is 7.65. The fourth-order valence-electron chi connectivity index (χ4n) is 5.48. The molecule has 1 unspecified atom stereocenters. The van der Waals surface area contributed by atoms with E-state index in [2.05, 4.69) is 15.2 Å². The number of carbonyl (C=O) groups excluding carboxylic acids is 2. The van der Waals surface area contributed by atoms with Crippen LogP contribution in [0, 0.1) is 0 Å². The molecule has 0 spiro atoms. The summed E-state index contributed by atoms with van der Waals surface area (Å²) in [4.78, 5) is 34.6. The van der Waals surface area contributed by atoms with Crippen LogP contribution in [0.4, 0.5) is 5.69 Å². The summed E-state index contributed by atoms with van der Waals surface area (Å²) < 4.78 is 33.7. The molecule has 1 aromatic heterocycles. The number of anilines is 1. The monoisotopic (exact) mass is 664 g/mol. The number of halogens is 1. The van der Waals surface area contributed by atoms with Crippen molar-refractivity contribution in [2.45, 2.75) is 48.8 Å². The van der Waals surface area contributed by atoms with Gasteiger partial charge in [0.25, 0.3) is 0 Å². The van der Waals surface area contributed by atoms with Crippen molar-refractivity contribution in [2.75, 3.05) is 37.6 Å². The molecule has 0 aliphatic carbocycles. The van der Waals surface area contributed by atoms with Gasteiger partial charge in [-0.25, -0.2) is 13.4 Å². The molecule has 0 bridgehead atoms. The fraction of sp³-hybridized carbons (Fsp3) is 0.324. The molecule has 1 fully saturated rings. The maximum absolute atomic E-state index is 14.1. The highest BCUT2D eigenvalue weighted by atomic mass is 35.5. The predicted octanol–water partition coefficient (Wildman–Crippen LogP) is 4.62. The van der Waals surface area contributed by atoms with Gasteiger partial charge in [-0.3, -0.25) is 14.9 Å². The minimum Gasteiger partial charge on any atom is -0.508 e. The smallest absolute Gasteiger partial charge is 0.320 e. The highest BCUT2D eigenvalue weighted by molar-refractivity contribution is 7.91. The number of aromatic hydroxyl groups is 1. The Kier molecular flexibility index (Phi) is 9.85. The number of fused-ring (bicyclic) bond motifs is 1. The van der Waals surface area contributed by atoms with Crippen molar-refractivity contribution in [2.24, 2.45) is 0 Å². The van der Waals surface area contributed by atoms with Gasteiger partial charge in [-0.05, 0) is 80.6 Å². The largest absolute Gasteiger partial charge is 0.508 e. The number of nitrogens with zero attached hydrogens (tertiary/aromatic N) is 3. The lowest BCUT2D eigenvalue weighted by Gasteiger charge is -2.38. The van der Waals surface area contributed by atoms with Crippen molar-refractivity contribution in [3.05, 3.63) is 89.6 Å². The molecular weight excluding hydrogens is 628 g/mol. The molecule has 3 aromatic carbocycles. The number of amides is 1. The number of piperazine rings is 1. The second-order valence-corrected chi connectivity index (χ2v) is 14.4. The van der Waals surface area contributed by atoms with Gasteiger partial charge in [0.2, 0.25) is 15.7 Å². The van der Waals surface area contributed by atoms with E-state index in [9.17, 15) is 23.1 Å². The number of rotatable bonds is 9. The number of phenolic OH excluding ortho intramolecular Hbond substituents is 1. The summed E-state index contributed by atoms with van der Waals surface area (Å²) in [6.07, 6.45) is 1.36. The number of sulfone groups is 1. The van der Waals surface area contributed by atoms with Crippen LogP contribution in [0.5, 0.6) is 5.75 Å². The zero-order valence-electron chi connectivity index (χ0n) is 25.9. The quantitative estimate of drug-likeness (QED) is 0.246. The summed E-state index contributed by atoms with van der Waals surface area (Å²) >= 11 is 6.05. The van der Waals surface area contributed by atoms with E-state index in [1.807, 2.05) is 24.3 Å². The van der Waals surface area contributed by atoms with Crippen molar-refractivity contribution in [3.63, 3.8) is 0 Å². The number of phenols is 1. The van der Waals surface area contributed by atoms with Crippen LogP contribution in [-0.2, 0) is 30.6 Å². The van der Waals surface area contributed by atoms with E-state index in [0.717, 1.165) is 5.69 Å². The van der Waals surface area contributed by atoms with Crippen LogP contribution in [0.25, 0.3) is 10.8 Å². The molecule has 46 heavy (non-hydrogen) atoms. The van der Waals surface area contributed by atoms with Crippen LogP contribution in [-0.4, -0.2) is 79.7 Å². The molecular formula is C34H37ClN4O6S. The number of ether oxygens (including phenoxy) is 1. The average molecular weight is 665 g/mol. The Morgan fingerprint density at radius 2 is 1.70 bits per heavy atom. The average Bonchev–Trinajstić information content (AvgIpc) is 3.02. The second-order valence-electron chi connectivity index (χ2n) is 12.1. The lowest BCUT2D eigenvalue weighted by atomic mass is 10.0. The Morgan fingerprint density at radius 1 is 1.00 bits per heavy atom. The molecule has 4 aromatic rings. The second kappa shape index (κ2) is 13.7. The molecule has 1 saturated heterocycles. The van der Waals surface area contributed by atoms with Gasteiger partial charge in [-0.2, -0.15) is 0 Å². The summed E-state index contributed by atoms with van der Waals surface area (Å²) in [7, 11) is -4.24. The topological polar surface area (TPSA) is 129 Å². The lowest BCUT2D eigenvalue weighted by Crippen LogP contribution is -2.55. The first-order valence-corrected chi connectivity index (χ1v) is 16.8. The molecule has 0 radical (unpaired) electrons. The van der Waals surface area contributed by atoms with Crippen molar-refractivity contribution >= 4 is 49.8 Å². The molecule has 1 atom stereocenters. The van der Waals surface area contributed by atoms with E-state index in [-0.39, 0.29) is 34.5 Å². The number of hydrogen-bond acceptors (Lipinski definition) is 9. The van der Waals surface area contributed by atoms with Gasteiger partial charge in [-0.15, -0.1) is 0 Å². The molecule has 2 heterocycles. The minimum absolute atomic E-state index is 0.0708. The molecule has 2 N–H and O–H groups in total. The third-order valence-corrected chi connectivity index (χ3v) is 9.70. The minimum atomic E-state index is -4.24. The van der Waals surface area contributed by atoms with Crippen molar-refractivity contribution < 1.29 is 27.9 Å². The number of benzene rings is 3. The van der Waals surface area contributed by atoms with E-state index >= 15 is 0 Å². The van der Waals surface area contributed by atoms with Crippen molar-refractivity contribution in [1.82, 2.24) is 15.2 Å². The van der Waals surface area contributed by atoms with E-state index < -0.39 is 27.4 Å². The Bertz CT molecular complexity index is 1830. The summed E-state index contributed by atoms with van der Waals surface area (Å²) in [6.45, 7) is 7.01. The summed E-state index contributed by atoms with van der Waals surface area (Å²) in [5.74, 6) is -1.07. The maximum Gasteiger partial charge on any atom is 0.320 e. The number of esters is 1. The van der Waals surface area contributed by atoms with Crippen LogP contribution < -0.4 is 10.2 Å². The Labute approximate surface area is 273 Å². The summed E-state index contributed by atoms with van der Waals surface area (Å²) in [5, 5.41) is 15.0. The maximum atomic E-state index is 14.1. The number of nitrogens with one attached hydrogen (secondary N) is 1. The van der Waals surface area contributed by atoms with Gasteiger partial charge < -0.3 is 19.6 Å². The van der Waals surface area contributed by atoms with E-state index in [1.165, 1.54) is 24.4 Å². The number of pyridine rings is 1. The molecule has 1 aliphatic heterocycles. The Balaban J connectivity index is 1.43. The highest BCUT2D eigenvalue weighted by Gasteiger charge is 2.32. The zero-order valence-corrected chi connectivity index (χ0v) is 27.5. The van der Waals surface area contributed by atoms with Gasteiger partial charge in [0.1, 0.15) is 11.4 Å². The van der Waals surface area contributed by atoms with Crippen LogP contribution in [0.15, 0.2) is 88.9 Å². The van der Waals surface area contributed by atoms with Crippen molar-refractivity contribution in [1.29, 1.82) is 0 Å².